The number of nitro benzene ring substituents is 1. The Hall–Kier alpha value is -3.09. The van der Waals surface area contributed by atoms with Crippen LogP contribution in [0, 0.1) is 10.1 Å². The lowest BCUT2D eigenvalue weighted by atomic mass is 10.0. The molecule has 0 saturated heterocycles. The van der Waals surface area contributed by atoms with Gasteiger partial charge in [0.1, 0.15) is 0 Å². The van der Waals surface area contributed by atoms with E-state index in [2.05, 4.69) is 4.98 Å². The first-order valence-electron chi connectivity index (χ1n) is 6.89. The molecule has 0 atom stereocenters. The summed E-state index contributed by atoms with van der Waals surface area (Å²) in [6.07, 6.45) is 2.78. The topological polar surface area (TPSA) is 110 Å². The van der Waals surface area contributed by atoms with Crippen molar-refractivity contribution in [3.63, 3.8) is 0 Å². The second kappa shape index (κ2) is 7.26. The predicted octanol–water partition coefficient (Wildman–Crippen LogP) is 1.97. The number of aryl methyl sites for hydroxylation is 2. The standard InChI is InChI=1S/C16H14N2O5/c19-15(16(20)21)9-13-6-3-12(10-17-13)2-1-11-4-7-14(8-5-11)18(22)23/h3-8,10H,1-2,9H2,(H,20,21). The Bertz CT molecular complexity index is 723. The first-order chi connectivity index (χ1) is 11.0. The number of hydrogen-bond acceptors (Lipinski definition) is 5. The van der Waals surface area contributed by atoms with Gasteiger partial charge in [0.15, 0.2) is 0 Å². The third-order valence-electron chi connectivity index (χ3n) is 3.32. The number of carbonyl (C=O) groups excluding carboxylic acids is 1. The monoisotopic (exact) mass is 314 g/mol. The maximum Gasteiger partial charge on any atom is 0.372 e. The molecule has 7 nitrogen and oxygen atoms in total. The number of Topliss-reactive ketones (excluding diaryl/α,β-unsaturated/α-hetero) is 1. The van der Waals surface area contributed by atoms with Crippen molar-refractivity contribution >= 4 is 17.4 Å². The van der Waals surface area contributed by atoms with Crippen LogP contribution in [0.2, 0.25) is 0 Å². The maximum atomic E-state index is 11.1. The van der Waals surface area contributed by atoms with Crippen molar-refractivity contribution in [1.82, 2.24) is 4.98 Å². The predicted molar refractivity (Wildman–Crippen MR) is 81.1 cm³/mol. The zero-order chi connectivity index (χ0) is 16.8. The van der Waals surface area contributed by atoms with Gasteiger partial charge in [0.2, 0.25) is 5.78 Å². The normalized spacial score (nSPS) is 10.3. The molecule has 2 rings (SSSR count). The number of aromatic nitrogens is 1. The van der Waals surface area contributed by atoms with E-state index in [1.165, 1.54) is 12.1 Å². The van der Waals surface area contributed by atoms with Crippen molar-refractivity contribution < 1.29 is 19.6 Å². The minimum absolute atomic E-state index is 0.0582. The van der Waals surface area contributed by atoms with Gasteiger partial charge >= 0.3 is 5.97 Å². The van der Waals surface area contributed by atoms with Gasteiger partial charge in [-0.3, -0.25) is 19.9 Å². The third kappa shape index (κ3) is 4.70. The molecular formula is C16H14N2O5. The summed E-state index contributed by atoms with van der Waals surface area (Å²) in [5.74, 6) is -2.36. The number of nitrogens with zero attached hydrogens (tertiary/aromatic N) is 2. The molecule has 0 radical (unpaired) electrons. The van der Waals surface area contributed by atoms with Gasteiger partial charge in [-0.2, -0.15) is 0 Å². The van der Waals surface area contributed by atoms with Crippen LogP contribution in [0.4, 0.5) is 5.69 Å². The van der Waals surface area contributed by atoms with E-state index in [0.717, 1.165) is 11.1 Å². The van der Waals surface area contributed by atoms with E-state index in [1.54, 1.807) is 30.5 Å². The number of carboxylic acid groups (broad SMARTS) is 1. The largest absolute Gasteiger partial charge is 0.475 e. The van der Waals surface area contributed by atoms with Gasteiger partial charge in [-0.15, -0.1) is 0 Å². The highest BCUT2D eigenvalue weighted by atomic mass is 16.6. The summed E-state index contributed by atoms with van der Waals surface area (Å²) in [6.45, 7) is 0. The molecule has 0 aliphatic rings. The summed E-state index contributed by atoms with van der Waals surface area (Å²) in [6, 6.07) is 9.79. The molecule has 1 heterocycles. The van der Waals surface area contributed by atoms with Gasteiger partial charge in [-0.1, -0.05) is 18.2 Å². The van der Waals surface area contributed by atoms with Crippen LogP contribution >= 0.6 is 0 Å². The molecule has 2 aromatic rings. The molecule has 0 fully saturated rings. The summed E-state index contributed by atoms with van der Waals surface area (Å²) in [5.41, 5.74) is 2.38. The number of pyridine rings is 1. The van der Waals surface area contributed by atoms with Gasteiger partial charge in [0.05, 0.1) is 11.3 Å². The third-order valence-corrected chi connectivity index (χ3v) is 3.32. The number of rotatable bonds is 7. The zero-order valence-corrected chi connectivity index (χ0v) is 12.1. The van der Waals surface area contributed by atoms with E-state index < -0.39 is 16.7 Å². The number of hydrogen-bond donors (Lipinski definition) is 1. The van der Waals surface area contributed by atoms with E-state index in [9.17, 15) is 19.7 Å². The van der Waals surface area contributed by atoms with Gasteiger partial charge in [0, 0.05) is 24.0 Å². The molecule has 118 valence electrons. The van der Waals surface area contributed by atoms with Crippen LogP contribution in [-0.4, -0.2) is 26.8 Å². The Kier molecular flexibility index (Phi) is 5.14. The Morgan fingerprint density at radius 2 is 1.65 bits per heavy atom. The highest BCUT2D eigenvalue weighted by Gasteiger charge is 2.12. The zero-order valence-electron chi connectivity index (χ0n) is 12.1. The molecular weight excluding hydrogens is 300 g/mol. The first kappa shape index (κ1) is 16.3. The van der Waals surface area contributed by atoms with Crippen LogP contribution in [0.5, 0.6) is 0 Å². The molecule has 1 aromatic carbocycles. The minimum atomic E-state index is -1.46. The molecule has 23 heavy (non-hydrogen) atoms. The number of aliphatic carboxylic acids is 1. The summed E-state index contributed by atoms with van der Waals surface area (Å²) in [4.78, 5) is 35.8. The van der Waals surface area contributed by atoms with E-state index in [-0.39, 0.29) is 12.1 Å². The quantitative estimate of drug-likeness (QED) is 0.475. The highest BCUT2D eigenvalue weighted by molar-refractivity contribution is 6.33. The van der Waals surface area contributed by atoms with E-state index in [4.69, 9.17) is 5.11 Å². The Labute approximate surface area is 131 Å². The lowest BCUT2D eigenvalue weighted by Crippen LogP contribution is -2.15. The van der Waals surface area contributed by atoms with Gasteiger partial charge in [0.25, 0.3) is 5.69 Å². The molecule has 0 unspecified atom stereocenters. The molecule has 7 heteroatoms. The fourth-order valence-electron chi connectivity index (χ4n) is 2.02. The number of carboxylic acids is 1. The number of ketones is 1. The average molecular weight is 314 g/mol. The van der Waals surface area contributed by atoms with Crippen molar-refractivity contribution in [3.8, 4) is 0 Å². The lowest BCUT2D eigenvalue weighted by molar-refractivity contribution is -0.384. The number of non-ortho nitro benzene ring substituents is 1. The van der Waals surface area contributed by atoms with Crippen LogP contribution in [0.15, 0.2) is 42.6 Å². The SMILES string of the molecule is O=C(O)C(=O)Cc1ccc(CCc2ccc([N+](=O)[O-])cc2)cn1. The van der Waals surface area contributed by atoms with Crippen molar-refractivity contribution in [2.24, 2.45) is 0 Å². The smallest absolute Gasteiger partial charge is 0.372 e. The summed E-state index contributed by atoms with van der Waals surface area (Å²) >= 11 is 0. The van der Waals surface area contributed by atoms with Crippen LogP contribution in [0.25, 0.3) is 0 Å². The number of benzene rings is 1. The number of nitro groups is 1. The second-order valence-corrected chi connectivity index (χ2v) is 4.99. The van der Waals surface area contributed by atoms with Crippen molar-refractivity contribution in [3.05, 3.63) is 69.5 Å². The Morgan fingerprint density at radius 3 is 2.17 bits per heavy atom. The highest BCUT2D eigenvalue weighted by Crippen LogP contribution is 2.14. The van der Waals surface area contributed by atoms with E-state index in [0.29, 0.717) is 18.5 Å². The maximum absolute atomic E-state index is 11.1. The number of carbonyl (C=O) groups is 2. The van der Waals surface area contributed by atoms with Crippen molar-refractivity contribution in [2.75, 3.05) is 0 Å². The Morgan fingerprint density at radius 1 is 1.04 bits per heavy atom. The molecule has 0 spiro atoms. The molecule has 1 aromatic heterocycles. The minimum Gasteiger partial charge on any atom is -0.475 e. The molecule has 0 aliphatic carbocycles. The van der Waals surface area contributed by atoms with Crippen LogP contribution in [0.3, 0.4) is 0 Å². The van der Waals surface area contributed by atoms with Gasteiger partial charge < -0.3 is 5.11 Å². The molecule has 1 N–H and O–H groups in total. The lowest BCUT2D eigenvalue weighted by Gasteiger charge is -2.03. The molecule has 0 amide bonds. The fraction of sp³-hybridized carbons (Fsp3) is 0.188. The van der Waals surface area contributed by atoms with Gasteiger partial charge in [-0.25, -0.2) is 4.79 Å². The Balaban J connectivity index is 1.92. The fourth-order valence-corrected chi connectivity index (χ4v) is 2.02. The molecule has 0 aliphatic heterocycles. The van der Waals surface area contributed by atoms with Crippen LogP contribution < -0.4 is 0 Å². The van der Waals surface area contributed by atoms with E-state index >= 15 is 0 Å². The molecule has 0 saturated carbocycles. The van der Waals surface area contributed by atoms with Crippen LogP contribution in [0.1, 0.15) is 16.8 Å². The van der Waals surface area contributed by atoms with Crippen LogP contribution in [-0.2, 0) is 28.9 Å². The second-order valence-electron chi connectivity index (χ2n) is 4.99. The summed E-state index contributed by atoms with van der Waals surface area (Å²) in [7, 11) is 0. The first-order valence-corrected chi connectivity index (χ1v) is 6.89. The molecule has 0 bridgehead atoms. The van der Waals surface area contributed by atoms with Crippen molar-refractivity contribution in [1.29, 1.82) is 0 Å². The summed E-state index contributed by atoms with van der Waals surface area (Å²) in [5, 5.41) is 19.1. The van der Waals surface area contributed by atoms with E-state index in [1.807, 2.05) is 0 Å². The summed E-state index contributed by atoms with van der Waals surface area (Å²) < 4.78 is 0. The van der Waals surface area contributed by atoms with Gasteiger partial charge in [-0.05, 0) is 30.0 Å². The van der Waals surface area contributed by atoms with Crippen molar-refractivity contribution in [2.45, 2.75) is 19.3 Å². The average Bonchev–Trinajstić information content (AvgIpc) is 2.54.